The lowest BCUT2D eigenvalue weighted by Gasteiger charge is -2.15. The Balaban J connectivity index is 2.55. The number of benzene rings is 1. The normalized spacial score (nSPS) is 11.5. The van der Waals surface area contributed by atoms with E-state index >= 15 is 0 Å². The van der Waals surface area contributed by atoms with Crippen LogP contribution in [0, 0.1) is 0 Å². The van der Waals surface area contributed by atoms with Crippen LogP contribution in [0.1, 0.15) is 12.5 Å². The Morgan fingerprint density at radius 3 is 2.57 bits per heavy atom. The minimum atomic E-state index is -4.32. The Morgan fingerprint density at radius 2 is 1.95 bits per heavy atom. The molecule has 0 aliphatic heterocycles. The molecule has 0 amide bonds. The van der Waals surface area contributed by atoms with Crippen LogP contribution in [0.3, 0.4) is 0 Å². The minimum Gasteiger partial charge on any atom is -0.493 e. The lowest BCUT2D eigenvalue weighted by Crippen LogP contribution is -2.20. The van der Waals surface area contributed by atoms with Crippen molar-refractivity contribution < 1.29 is 27.4 Å². The van der Waals surface area contributed by atoms with E-state index in [2.05, 4.69) is 10.1 Å². The summed E-state index contributed by atoms with van der Waals surface area (Å²) in [6.07, 6.45) is -4.32. The molecule has 0 bridgehead atoms. The fourth-order valence-corrected chi connectivity index (χ4v) is 1.68. The maximum absolute atomic E-state index is 11.9. The highest BCUT2D eigenvalue weighted by Crippen LogP contribution is 2.31. The van der Waals surface area contributed by atoms with E-state index in [1.807, 2.05) is 19.1 Å². The van der Waals surface area contributed by atoms with Crippen molar-refractivity contribution in [1.29, 1.82) is 0 Å². The highest BCUT2D eigenvalue weighted by atomic mass is 19.4. The van der Waals surface area contributed by atoms with Gasteiger partial charge in [0.15, 0.2) is 11.5 Å². The van der Waals surface area contributed by atoms with Crippen LogP contribution in [-0.2, 0) is 11.3 Å². The molecule has 0 heterocycles. The number of hydrogen-bond donors (Lipinski definition) is 1. The monoisotopic (exact) mass is 307 g/mol. The summed E-state index contributed by atoms with van der Waals surface area (Å²) in [6, 6.07) is 5.44. The van der Waals surface area contributed by atoms with Crippen LogP contribution in [0.2, 0.25) is 0 Å². The Bertz CT molecular complexity index is 424. The van der Waals surface area contributed by atoms with E-state index in [0.717, 1.165) is 12.1 Å². The summed E-state index contributed by atoms with van der Waals surface area (Å²) in [6.45, 7) is 1.98. The molecule has 0 atom stereocenters. The molecule has 0 fully saturated rings. The van der Waals surface area contributed by atoms with Crippen molar-refractivity contribution in [3.8, 4) is 11.5 Å². The number of halogens is 3. The lowest BCUT2D eigenvalue weighted by molar-refractivity contribution is -0.175. The highest BCUT2D eigenvalue weighted by Gasteiger charge is 2.27. The number of ether oxygens (including phenoxy) is 3. The Labute approximate surface area is 122 Å². The first-order valence-electron chi connectivity index (χ1n) is 6.61. The third kappa shape index (κ3) is 6.68. The molecule has 0 aliphatic rings. The van der Waals surface area contributed by atoms with Crippen molar-refractivity contribution in [1.82, 2.24) is 5.32 Å². The van der Waals surface area contributed by atoms with Gasteiger partial charge in [-0.15, -0.1) is 0 Å². The average Bonchev–Trinajstić information content (AvgIpc) is 2.44. The van der Waals surface area contributed by atoms with Crippen LogP contribution in [0.15, 0.2) is 18.2 Å². The molecular formula is C14H20F3NO3. The molecule has 1 aromatic rings. The zero-order valence-corrected chi connectivity index (χ0v) is 12.1. The molecule has 0 aliphatic carbocycles. The first-order chi connectivity index (χ1) is 9.98. The van der Waals surface area contributed by atoms with Crippen LogP contribution in [-0.4, -0.2) is 39.7 Å². The first-order valence-corrected chi connectivity index (χ1v) is 6.61. The molecule has 0 saturated carbocycles. The van der Waals surface area contributed by atoms with Gasteiger partial charge in [-0.1, -0.05) is 19.1 Å². The summed E-state index contributed by atoms with van der Waals surface area (Å²) in [5, 5.41) is 3.16. The van der Waals surface area contributed by atoms with Crippen LogP contribution >= 0.6 is 0 Å². The van der Waals surface area contributed by atoms with Gasteiger partial charge in [-0.3, -0.25) is 0 Å². The molecule has 0 radical (unpaired) electrons. The van der Waals surface area contributed by atoms with Crippen molar-refractivity contribution in [3.05, 3.63) is 23.8 Å². The third-order valence-corrected chi connectivity index (χ3v) is 2.59. The molecule has 4 nitrogen and oxygen atoms in total. The second-order valence-corrected chi connectivity index (χ2v) is 4.25. The smallest absolute Gasteiger partial charge is 0.411 e. The lowest BCUT2D eigenvalue weighted by atomic mass is 10.2. The van der Waals surface area contributed by atoms with Gasteiger partial charge in [0, 0.05) is 12.1 Å². The molecule has 1 rings (SSSR count). The number of hydrogen-bond acceptors (Lipinski definition) is 4. The van der Waals surface area contributed by atoms with Gasteiger partial charge >= 0.3 is 6.18 Å². The molecule has 120 valence electrons. The fourth-order valence-electron chi connectivity index (χ4n) is 1.68. The van der Waals surface area contributed by atoms with Gasteiger partial charge < -0.3 is 19.5 Å². The largest absolute Gasteiger partial charge is 0.493 e. The van der Waals surface area contributed by atoms with Gasteiger partial charge in [0.05, 0.1) is 13.7 Å². The van der Waals surface area contributed by atoms with Crippen LogP contribution < -0.4 is 14.8 Å². The zero-order chi connectivity index (χ0) is 15.7. The van der Waals surface area contributed by atoms with Crippen molar-refractivity contribution in [2.75, 3.05) is 33.5 Å². The molecule has 0 aromatic heterocycles. The predicted octanol–water partition coefficient (Wildman–Crippen LogP) is 2.76. The zero-order valence-electron chi connectivity index (χ0n) is 12.1. The van der Waals surface area contributed by atoms with E-state index in [-0.39, 0.29) is 13.2 Å². The summed E-state index contributed by atoms with van der Waals surface area (Å²) in [7, 11) is 1.51. The number of para-hydroxylation sites is 1. The summed E-state index contributed by atoms with van der Waals surface area (Å²) in [5.74, 6) is 1.07. The van der Waals surface area contributed by atoms with Gasteiger partial charge in [-0.05, 0) is 12.6 Å². The summed E-state index contributed by atoms with van der Waals surface area (Å²) in [5.41, 5.74) is 0.882. The van der Waals surface area contributed by atoms with E-state index < -0.39 is 12.8 Å². The maximum Gasteiger partial charge on any atom is 0.411 e. The quantitative estimate of drug-likeness (QED) is 0.712. The van der Waals surface area contributed by atoms with Crippen molar-refractivity contribution in [2.24, 2.45) is 0 Å². The molecule has 1 aromatic carbocycles. The molecule has 0 unspecified atom stereocenters. The van der Waals surface area contributed by atoms with E-state index in [4.69, 9.17) is 9.47 Å². The fraction of sp³-hybridized carbons (Fsp3) is 0.571. The van der Waals surface area contributed by atoms with Gasteiger partial charge in [-0.2, -0.15) is 13.2 Å². The topological polar surface area (TPSA) is 39.7 Å². The van der Waals surface area contributed by atoms with E-state index in [0.29, 0.717) is 18.0 Å². The molecule has 7 heteroatoms. The Hall–Kier alpha value is -1.47. The summed E-state index contributed by atoms with van der Waals surface area (Å²) >= 11 is 0. The van der Waals surface area contributed by atoms with Gasteiger partial charge in [0.2, 0.25) is 0 Å². The van der Waals surface area contributed by atoms with Crippen molar-refractivity contribution >= 4 is 0 Å². The first kappa shape index (κ1) is 17.6. The van der Waals surface area contributed by atoms with E-state index in [1.165, 1.54) is 7.11 Å². The highest BCUT2D eigenvalue weighted by molar-refractivity contribution is 5.46. The third-order valence-electron chi connectivity index (χ3n) is 2.59. The standard InChI is InChI=1S/C14H20F3NO3/c1-3-18-9-11-5-4-6-12(19-2)13(11)21-8-7-20-10-14(15,16)17/h4-6,18H,3,7-10H2,1-2H3. The number of alkyl halides is 3. The van der Waals surface area contributed by atoms with Crippen LogP contribution in [0.4, 0.5) is 13.2 Å². The molecule has 1 N–H and O–H groups in total. The molecule has 21 heavy (non-hydrogen) atoms. The molecule has 0 saturated heterocycles. The molecule has 0 spiro atoms. The Morgan fingerprint density at radius 1 is 1.19 bits per heavy atom. The number of rotatable bonds is 9. The predicted molar refractivity (Wildman–Crippen MR) is 72.7 cm³/mol. The average molecular weight is 307 g/mol. The van der Waals surface area contributed by atoms with Crippen LogP contribution in [0.25, 0.3) is 0 Å². The van der Waals surface area contributed by atoms with Crippen LogP contribution in [0.5, 0.6) is 11.5 Å². The SMILES string of the molecule is CCNCc1cccc(OC)c1OCCOCC(F)(F)F. The van der Waals surface area contributed by atoms with Gasteiger partial charge in [0.25, 0.3) is 0 Å². The summed E-state index contributed by atoms with van der Waals surface area (Å²) < 4.78 is 51.0. The van der Waals surface area contributed by atoms with Gasteiger partial charge in [0.1, 0.15) is 13.2 Å². The van der Waals surface area contributed by atoms with Crippen molar-refractivity contribution in [3.63, 3.8) is 0 Å². The van der Waals surface area contributed by atoms with E-state index in [9.17, 15) is 13.2 Å². The minimum absolute atomic E-state index is 0.0234. The number of nitrogens with one attached hydrogen (secondary N) is 1. The Kier molecular flexibility index (Phi) is 7.31. The summed E-state index contributed by atoms with van der Waals surface area (Å²) in [4.78, 5) is 0. The maximum atomic E-state index is 11.9. The van der Waals surface area contributed by atoms with Crippen molar-refractivity contribution in [2.45, 2.75) is 19.6 Å². The van der Waals surface area contributed by atoms with E-state index in [1.54, 1.807) is 6.07 Å². The number of methoxy groups -OCH3 is 1. The van der Waals surface area contributed by atoms with Gasteiger partial charge in [-0.25, -0.2) is 0 Å². The second-order valence-electron chi connectivity index (χ2n) is 4.25. The second kappa shape index (κ2) is 8.74. The molecular weight excluding hydrogens is 287 g/mol.